The topological polar surface area (TPSA) is 28.2 Å². The summed E-state index contributed by atoms with van der Waals surface area (Å²) in [5.41, 5.74) is 1.27. The predicted octanol–water partition coefficient (Wildman–Crippen LogP) is 2.91. The van der Waals surface area contributed by atoms with Crippen molar-refractivity contribution in [2.45, 2.75) is 44.2 Å². The van der Waals surface area contributed by atoms with Crippen molar-refractivity contribution in [2.75, 3.05) is 24.5 Å². The summed E-state index contributed by atoms with van der Waals surface area (Å²) in [7, 11) is 0. The van der Waals surface area contributed by atoms with E-state index in [1.165, 1.54) is 12.0 Å². The minimum Gasteiger partial charge on any atom is -0.354 e. The van der Waals surface area contributed by atoms with Gasteiger partial charge in [0.2, 0.25) is 0 Å². The highest BCUT2D eigenvalue weighted by Gasteiger charge is 2.22. The Kier molecular flexibility index (Phi) is 5.52. The molecule has 0 spiro atoms. The molecule has 1 aliphatic heterocycles. The Morgan fingerprint density at radius 1 is 1.32 bits per heavy atom. The lowest BCUT2D eigenvalue weighted by Crippen LogP contribution is -2.40. The van der Waals surface area contributed by atoms with E-state index >= 15 is 0 Å². The molecule has 106 valence electrons. The van der Waals surface area contributed by atoms with Crippen LogP contribution in [0.2, 0.25) is 0 Å². The number of hydrogen-bond donors (Lipinski definition) is 1. The highest BCUT2D eigenvalue weighted by Crippen LogP contribution is 2.27. The van der Waals surface area contributed by atoms with E-state index in [0.29, 0.717) is 10.5 Å². The highest BCUT2D eigenvalue weighted by molar-refractivity contribution is 8.00. The molecule has 0 aromatic carbocycles. The van der Waals surface area contributed by atoms with Crippen LogP contribution in [0.5, 0.6) is 0 Å². The molecule has 0 aliphatic carbocycles. The van der Waals surface area contributed by atoms with Crippen LogP contribution >= 0.6 is 11.8 Å². The van der Waals surface area contributed by atoms with Crippen molar-refractivity contribution in [3.63, 3.8) is 0 Å². The van der Waals surface area contributed by atoms with E-state index in [1.807, 2.05) is 6.20 Å². The number of aromatic nitrogens is 1. The van der Waals surface area contributed by atoms with Gasteiger partial charge >= 0.3 is 0 Å². The van der Waals surface area contributed by atoms with Crippen LogP contribution in [0.3, 0.4) is 0 Å². The third-order valence-corrected chi connectivity index (χ3v) is 4.54. The Balaban J connectivity index is 1.93. The van der Waals surface area contributed by atoms with Gasteiger partial charge in [0, 0.05) is 36.3 Å². The Bertz CT molecular complexity index is 369. The summed E-state index contributed by atoms with van der Waals surface area (Å²) < 4.78 is 0. The van der Waals surface area contributed by atoms with Gasteiger partial charge in [0.25, 0.3) is 0 Å². The van der Waals surface area contributed by atoms with Gasteiger partial charge in [0.05, 0.1) is 0 Å². The molecule has 2 heterocycles. The number of nitrogens with one attached hydrogen (secondary N) is 1. The van der Waals surface area contributed by atoms with Crippen LogP contribution < -0.4 is 10.2 Å². The zero-order valence-corrected chi connectivity index (χ0v) is 13.0. The standard InChI is InChI=1S/C15H25N3S/c1-4-7-16-8-14-5-6-15(17-9-14)18-10-12(2)19-13(3)11-18/h5-6,9,12-13,16H,4,7-8,10-11H2,1-3H3. The number of thioether (sulfide) groups is 1. The average molecular weight is 279 g/mol. The Labute approximate surface area is 121 Å². The zero-order valence-electron chi connectivity index (χ0n) is 12.2. The van der Waals surface area contributed by atoms with Gasteiger partial charge in [0.1, 0.15) is 5.82 Å². The molecular formula is C15H25N3S. The highest BCUT2D eigenvalue weighted by atomic mass is 32.2. The van der Waals surface area contributed by atoms with Crippen molar-refractivity contribution in [2.24, 2.45) is 0 Å². The zero-order chi connectivity index (χ0) is 13.7. The summed E-state index contributed by atoms with van der Waals surface area (Å²) in [5.74, 6) is 1.12. The first-order valence-electron chi connectivity index (χ1n) is 7.25. The van der Waals surface area contributed by atoms with Gasteiger partial charge in [-0.05, 0) is 24.6 Å². The molecule has 0 saturated carbocycles. The van der Waals surface area contributed by atoms with Crippen LogP contribution in [0, 0.1) is 0 Å². The number of nitrogens with zero attached hydrogens (tertiary/aromatic N) is 2. The maximum absolute atomic E-state index is 4.63. The number of hydrogen-bond acceptors (Lipinski definition) is 4. The number of anilines is 1. The third kappa shape index (κ3) is 4.39. The summed E-state index contributed by atoms with van der Waals surface area (Å²) >= 11 is 2.08. The molecule has 0 bridgehead atoms. The molecule has 2 rings (SSSR count). The lowest BCUT2D eigenvalue weighted by molar-refractivity contribution is 0.672. The molecule has 1 N–H and O–H groups in total. The fourth-order valence-corrected chi connectivity index (χ4v) is 3.81. The second-order valence-electron chi connectivity index (χ2n) is 5.36. The van der Waals surface area contributed by atoms with Gasteiger partial charge < -0.3 is 10.2 Å². The largest absolute Gasteiger partial charge is 0.354 e. The number of pyridine rings is 1. The molecule has 19 heavy (non-hydrogen) atoms. The molecule has 1 aromatic rings. The molecule has 0 radical (unpaired) electrons. The van der Waals surface area contributed by atoms with Gasteiger partial charge in [-0.25, -0.2) is 4.98 Å². The first-order chi connectivity index (χ1) is 9.19. The van der Waals surface area contributed by atoms with Gasteiger partial charge in [0.15, 0.2) is 0 Å². The van der Waals surface area contributed by atoms with Crippen LogP contribution in [0.4, 0.5) is 5.82 Å². The fourth-order valence-electron chi connectivity index (χ4n) is 2.48. The molecule has 1 saturated heterocycles. The molecule has 3 nitrogen and oxygen atoms in total. The predicted molar refractivity (Wildman–Crippen MR) is 85.0 cm³/mol. The fraction of sp³-hybridized carbons (Fsp3) is 0.667. The monoisotopic (exact) mass is 279 g/mol. The lowest BCUT2D eigenvalue weighted by Gasteiger charge is -2.35. The van der Waals surface area contributed by atoms with E-state index in [9.17, 15) is 0 Å². The molecule has 1 aromatic heterocycles. The molecule has 1 aliphatic rings. The average Bonchev–Trinajstić information content (AvgIpc) is 2.39. The molecule has 2 atom stereocenters. The lowest BCUT2D eigenvalue weighted by atomic mass is 10.2. The molecule has 4 heteroatoms. The molecule has 0 amide bonds. The quantitative estimate of drug-likeness (QED) is 0.839. The van der Waals surface area contributed by atoms with Gasteiger partial charge in [-0.1, -0.05) is 26.8 Å². The Hall–Kier alpha value is -0.740. The van der Waals surface area contributed by atoms with Crippen LogP contribution in [0.15, 0.2) is 18.3 Å². The maximum atomic E-state index is 4.63. The van der Waals surface area contributed by atoms with Crippen molar-refractivity contribution >= 4 is 17.6 Å². The minimum absolute atomic E-state index is 0.691. The first kappa shape index (κ1) is 14.7. The SMILES string of the molecule is CCCNCc1ccc(N2CC(C)SC(C)C2)nc1. The minimum atomic E-state index is 0.691. The second kappa shape index (κ2) is 7.15. The summed E-state index contributed by atoms with van der Waals surface area (Å²) in [5, 5.41) is 4.79. The summed E-state index contributed by atoms with van der Waals surface area (Å²) in [6, 6.07) is 4.36. The number of rotatable bonds is 5. The molecular weight excluding hydrogens is 254 g/mol. The van der Waals surface area contributed by atoms with Crippen molar-refractivity contribution in [1.29, 1.82) is 0 Å². The van der Waals surface area contributed by atoms with Gasteiger partial charge in [-0.2, -0.15) is 11.8 Å². The van der Waals surface area contributed by atoms with E-state index < -0.39 is 0 Å². The van der Waals surface area contributed by atoms with Gasteiger partial charge in [-0.15, -0.1) is 0 Å². The first-order valence-corrected chi connectivity index (χ1v) is 8.19. The Morgan fingerprint density at radius 3 is 2.63 bits per heavy atom. The van der Waals surface area contributed by atoms with Crippen LogP contribution in [0.1, 0.15) is 32.8 Å². The van der Waals surface area contributed by atoms with E-state index in [-0.39, 0.29) is 0 Å². The van der Waals surface area contributed by atoms with Crippen molar-refractivity contribution in [3.05, 3.63) is 23.9 Å². The van der Waals surface area contributed by atoms with E-state index in [2.05, 4.69) is 59.9 Å². The van der Waals surface area contributed by atoms with Crippen LogP contribution in [0.25, 0.3) is 0 Å². The van der Waals surface area contributed by atoms with Crippen molar-refractivity contribution < 1.29 is 0 Å². The normalized spacial score (nSPS) is 23.6. The van der Waals surface area contributed by atoms with Crippen LogP contribution in [-0.4, -0.2) is 35.1 Å². The second-order valence-corrected chi connectivity index (χ2v) is 7.25. The third-order valence-electron chi connectivity index (χ3n) is 3.31. The van der Waals surface area contributed by atoms with E-state index in [1.54, 1.807) is 0 Å². The van der Waals surface area contributed by atoms with E-state index in [0.717, 1.165) is 32.0 Å². The van der Waals surface area contributed by atoms with Gasteiger partial charge in [-0.3, -0.25) is 0 Å². The summed E-state index contributed by atoms with van der Waals surface area (Å²) in [6.07, 6.45) is 3.18. The van der Waals surface area contributed by atoms with Crippen molar-refractivity contribution in [1.82, 2.24) is 10.3 Å². The molecule has 2 unspecified atom stereocenters. The van der Waals surface area contributed by atoms with Crippen molar-refractivity contribution in [3.8, 4) is 0 Å². The smallest absolute Gasteiger partial charge is 0.128 e. The summed E-state index contributed by atoms with van der Waals surface area (Å²) in [4.78, 5) is 7.04. The Morgan fingerprint density at radius 2 is 2.05 bits per heavy atom. The van der Waals surface area contributed by atoms with E-state index in [4.69, 9.17) is 0 Å². The summed E-state index contributed by atoms with van der Waals surface area (Å²) in [6.45, 7) is 11.0. The molecule has 1 fully saturated rings. The van der Waals surface area contributed by atoms with Crippen LogP contribution in [-0.2, 0) is 6.54 Å². The maximum Gasteiger partial charge on any atom is 0.128 e.